The number of benzene rings is 2. The lowest BCUT2D eigenvalue weighted by molar-refractivity contribution is -0.137. The molecule has 5 rings (SSSR count). The summed E-state index contributed by atoms with van der Waals surface area (Å²) in [5, 5.41) is 6.77. The van der Waals surface area contributed by atoms with Crippen molar-refractivity contribution in [3.63, 3.8) is 0 Å². The van der Waals surface area contributed by atoms with Crippen LogP contribution in [-0.2, 0) is 17.4 Å². The number of aromatic nitrogens is 2. The van der Waals surface area contributed by atoms with Gasteiger partial charge in [0.15, 0.2) is 0 Å². The second-order valence-electron chi connectivity index (χ2n) is 11.2. The minimum absolute atomic E-state index is 0.0969. The maximum absolute atomic E-state index is 14.2. The summed E-state index contributed by atoms with van der Waals surface area (Å²) in [6.45, 7) is 6.00. The van der Waals surface area contributed by atoms with Crippen molar-refractivity contribution in [1.82, 2.24) is 20.0 Å². The molecule has 1 aromatic heterocycles. The quantitative estimate of drug-likeness (QED) is 0.395. The van der Waals surface area contributed by atoms with E-state index in [9.17, 15) is 27.6 Å². The first-order chi connectivity index (χ1) is 19.8. The smallest absolute Gasteiger partial charge is 0.355 e. The molecule has 2 aliphatic heterocycles. The second kappa shape index (κ2) is 11.1. The van der Waals surface area contributed by atoms with Gasteiger partial charge in [-0.15, -0.1) is 0 Å². The molecule has 1 saturated heterocycles. The molecule has 12 heteroatoms. The molecule has 42 heavy (non-hydrogen) atoms. The number of fused-ring (bicyclic) bond motifs is 3. The number of hydrogen-bond acceptors (Lipinski definition) is 4. The fourth-order valence-corrected chi connectivity index (χ4v) is 6.11. The van der Waals surface area contributed by atoms with Gasteiger partial charge in [-0.3, -0.25) is 19.3 Å². The van der Waals surface area contributed by atoms with E-state index in [1.54, 1.807) is 54.0 Å². The summed E-state index contributed by atoms with van der Waals surface area (Å²) in [5.74, 6) is -0.643. The minimum atomic E-state index is -4.71. The Bertz CT molecular complexity index is 1540. The molecule has 3 heterocycles. The van der Waals surface area contributed by atoms with Crippen LogP contribution >= 0.6 is 11.6 Å². The van der Waals surface area contributed by atoms with Gasteiger partial charge in [-0.2, -0.15) is 18.3 Å². The average molecular weight is 602 g/mol. The van der Waals surface area contributed by atoms with Gasteiger partial charge in [-0.1, -0.05) is 25.4 Å². The summed E-state index contributed by atoms with van der Waals surface area (Å²) >= 11 is 5.78. The molecule has 0 radical (unpaired) electrons. The number of amides is 3. The van der Waals surface area contributed by atoms with Gasteiger partial charge in [0.05, 0.1) is 34.4 Å². The maximum atomic E-state index is 14.2. The van der Waals surface area contributed by atoms with E-state index in [4.69, 9.17) is 11.6 Å². The molecule has 0 bridgehead atoms. The third kappa shape index (κ3) is 5.26. The van der Waals surface area contributed by atoms with Gasteiger partial charge in [-0.05, 0) is 68.1 Å². The van der Waals surface area contributed by atoms with Crippen LogP contribution in [0.25, 0.3) is 0 Å². The van der Waals surface area contributed by atoms with Crippen LogP contribution < -0.4 is 10.2 Å². The van der Waals surface area contributed by atoms with Crippen molar-refractivity contribution in [2.24, 2.45) is 11.8 Å². The van der Waals surface area contributed by atoms with Crippen LogP contribution in [0.4, 0.5) is 24.7 Å². The first-order valence-electron chi connectivity index (χ1n) is 13.7. The molecule has 2 unspecified atom stereocenters. The summed E-state index contributed by atoms with van der Waals surface area (Å²) in [6, 6.07) is 8.95. The zero-order valence-corrected chi connectivity index (χ0v) is 24.3. The molecule has 1 N–H and O–H groups in total. The topological polar surface area (TPSA) is 87.5 Å². The number of rotatable bonds is 5. The lowest BCUT2D eigenvalue weighted by Gasteiger charge is -2.47. The number of carbonyl (C=O) groups excluding carboxylic acids is 3. The third-order valence-corrected chi connectivity index (χ3v) is 8.23. The van der Waals surface area contributed by atoms with Crippen molar-refractivity contribution >= 4 is 40.8 Å². The SMILES string of the molecule is CNC(=O)c1ccc(N2C(=O)C3C[C@@H](C)N(C(=O)c4ccc(Cl)c(C(F)(F)F)c4)CC3n3ncc(CC(C)C)c32)cc1. The largest absolute Gasteiger partial charge is 0.417 e. The monoisotopic (exact) mass is 601 g/mol. The summed E-state index contributed by atoms with van der Waals surface area (Å²) in [7, 11) is 1.54. The van der Waals surface area contributed by atoms with E-state index >= 15 is 0 Å². The van der Waals surface area contributed by atoms with Crippen molar-refractivity contribution < 1.29 is 27.6 Å². The van der Waals surface area contributed by atoms with Gasteiger partial charge < -0.3 is 10.2 Å². The molecule has 0 saturated carbocycles. The predicted molar refractivity (Wildman–Crippen MR) is 152 cm³/mol. The summed E-state index contributed by atoms with van der Waals surface area (Å²) in [5.41, 5.74) is 0.700. The molecular weight excluding hydrogens is 571 g/mol. The molecule has 3 aromatic rings. The predicted octanol–water partition coefficient (Wildman–Crippen LogP) is 5.88. The van der Waals surface area contributed by atoms with Crippen molar-refractivity contribution in [1.29, 1.82) is 0 Å². The molecule has 1 fully saturated rings. The Balaban J connectivity index is 1.53. The van der Waals surface area contributed by atoms with Crippen molar-refractivity contribution in [3.05, 3.63) is 75.9 Å². The fourth-order valence-electron chi connectivity index (χ4n) is 5.89. The van der Waals surface area contributed by atoms with Crippen LogP contribution in [-0.4, -0.2) is 52.0 Å². The van der Waals surface area contributed by atoms with E-state index in [0.29, 0.717) is 29.9 Å². The Morgan fingerprint density at radius 3 is 2.40 bits per heavy atom. The molecule has 8 nitrogen and oxygen atoms in total. The fraction of sp³-hybridized carbons (Fsp3) is 0.400. The highest BCUT2D eigenvalue weighted by Gasteiger charge is 2.48. The standard InChI is InChI=1S/C30H31ClF3N5O3/c1-16(2)11-20-14-36-39-25-15-37(28(41)19-7-10-24(31)23(13-19)30(32,33)34)17(3)12-22(25)29(42)38(27(20)39)21-8-5-18(6-9-21)26(40)35-4/h5-10,13-14,16-17,22,25H,11-12,15H2,1-4H3,(H,35,40)/t17-,22?,25?/m1/s1. The van der Waals surface area contributed by atoms with Crippen LogP contribution in [0.1, 0.15) is 65.1 Å². The molecule has 0 aliphatic carbocycles. The molecule has 2 aliphatic rings. The number of hydrogen-bond donors (Lipinski definition) is 1. The maximum Gasteiger partial charge on any atom is 0.417 e. The van der Waals surface area contributed by atoms with Crippen LogP contribution in [0.5, 0.6) is 0 Å². The number of likely N-dealkylation sites (tertiary alicyclic amines) is 1. The van der Waals surface area contributed by atoms with Gasteiger partial charge in [-0.25, -0.2) is 4.68 Å². The lowest BCUT2D eigenvalue weighted by atomic mass is 9.84. The Morgan fingerprint density at radius 1 is 1.12 bits per heavy atom. The second-order valence-corrected chi connectivity index (χ2v) is 11.7. The Hall–Kier alpha value is -3.86. The number of nitrogens with zero attached hydrogens (tertiary/aromatic N) is 4. The summed E-state index contributed by atoms with van der Waals surface area (Å²) in [6.07, 6.45) is -2.03. The van der Waals surface area contributed by atoms with Gasteiger partial charge in [0.25, 0.3) is 11.8 Å². The van der Waals surface area contributed by atoms with Crippen LogP contribution in [0.2, 0.25) is 5.02 Å². The van der Waals surface area contributed by atoms with Gasteiger partial charge >= 0.3 is 6.18 Å². The molecule has 0 spiro atoms. The minimum Gasteiger partial charge on any atom is -0.355 e. The van der Waals surface area contributed by atoms with E-state index in [1.807, 2.05) is 0 Å². The van der Waals surface area contributed by atoms with Crippen molar-refractivity contribution in [2.45, 2.75) is 51.9 Å². The number of alkyl halides is 3. The molecule has 3 atom stereocenters. The van der Waals surface area contributed by atoms with Crippen LogP contribution in [0.15, 0.2) is 48.7 Å². The Kier molecular flexibility index (Phi) is 7.82. The molecular formula is C30H31ClF3N5O3. The van der Waals surface area contributed by atoms with E-state index in [-0.39, 0.29) is 29.8 Å². The van der Waals surface area contributed by atoms with Crippen molar-refractivity contribution in [3.8, 4) is 0 Å². The average Bonchev–Trinajstić information content (AvgIpc) is 3.34. The van der Waals surface area contributed by atoms with Crippen molar-refractivity contribution in [2.75, 3.05) is 18.5 Å². The number of halogens is 4. The zero-order valence-electron chi connectivity index (χ0n) is 23.6. The lowest BCUT2D eigenvalue weighted by Crippen LogP contribution is -2.56. The van der Waals surface area contributed by atoms with Gasteiger partial charge in [0.2, 0.25) is 5.91 Å². The van der Waals surface area contributed by atoms with Gasteiger partial charge in [0.1, 0.15) is 5.82 Å². The number of piperidine rings is 1. The number of carbonyl (C=O) groups is 3. The third-order valence-electron chi connectivity index (χ3n) is 7.90. The highest BCUT2D eigenvalue weighted by atomic mass is 35.5. The Morgan fingerprint density at radius 2 is 1.79 bits per heavy atom. The first-order valence-corrected chi connectivity index (χ1v) is 14.1. The molecule has 3 amide bonds. The van der Waals surface area contributed by atoms with Crippen LogP contribution in [0, 0.1) is 11.8 Å². The van der Waals surface area contributed by atoms with Crippen LogP contribution in [0.3, 0.4) is 0 Å². The summed E-state index contributed by atoms with van der Waals surface area (Å²) < 4.78 is 42.3. The molecule has 2 aromatic carbocycles. The summed E-state index contributed by atoms with van der Waals surface area (Å²) in [4.78, 5) is 43.0. The first kappa shape index (κ1) is 29.6. The van der Waals surface area contributed by atoms with E-state index in [2.05, 4.69) is 24.3 Å². The number of nitrogens with one attached hydrogen (secondary N) is 1. The van der Waals surface area contributed by atoms with E-state index in [0.717, 1.165) is 17.7 Å². The molecule has 222 valence electrons. The van der Waals surface area contributed by atoms with E-state index < -0.39 is 40.7 Å². The zero-order chi connectivity index (χ0) is 30.5. The van der Waals surface area contributed by atoms with Gasteiger partial charge in [0, 0.05) is 36.3 Å². The highest BCUT2D eigenvalue weighted by molar-refractivity contribution is 6.31. The number of anilines is 2. The van der Waals surface area contributed by atoms with E-state index in [1.165, 1.54) is 11.0 Å². The highest BCUT2D eigenvalue weighted by Crippen LogP contribution is 2.45. The Labute approximate surface area is 246 Å². The normalized spacial score (nSPS) is 20.4.